The number of benzene rings is 1. The summed E-state index contributed by atoms with van der Waals surface area (Å²) in [6.45, 7) is 1.71. The molecule has 1 heterocycles. The molecule has 0 fully saturated rings. The van der Waals surface area contributed by atoms with Gasteiger partial charge in [-0.15, -0.1) is 10.2 Å². The van der Waals surface area contributed by atoms with Gasteiger partial charge in [0.2, 0.25) is 5.16 Å². The smallest absolute Gasteiger partial charge is 0.313 e. The monoisotopic (exact) mass is 292 g/mol. The minimum Gasteiger partial charge on any atom is -0.507 e. The van der Waals surface area contributed by atoms with Crippen LogP contribution in [0, 0.1) is 6.92 Å². The van der Waals surface area contributed by atoms with Gasteiger partial charge in [0.05, 0.1) is 12.0 Å². The third kappa shape index (κ3) is 3.35. The highest BCUT2D eigenvalue weighted by Gasteiger charge is 2.10. The van der Waals surface area contributed by atoms with Gasteiger partial charge in [-0.3, -0.25) is 4.79 Å². The molecule has 0 aliphatic heterocycles. The van der Waals surface area contributed by atoms with Crippen molar-refractivity contribution >= 4 is 23.9 Å². The molecular weight excluding hydrogens is 280 g/mol. The van der Waals surface area contributed by atoms with Gasteiger partial charge in [-0.05, 0) is 19.1 Å². The maximum Gasteiger partial charge on any atom is 0.313 e. The van der Waals surface area contributed by atoms with Crippen LogP contribution < -0.4 is 0 Å². The minimum absolute atomic E-state index is 0.113. The number of aryl methyl sites for hydroxylation is 1. The van der Waals surface area contributed by atoms with Crippen molar-refractivity contribution in [3.8, 4) is 5.75 Å². The molecule has 20 heavy (non-hydrogen) atoms. The third-order valence-corrected chi connectivity index (χ3v) is 3.25. The number of thioether (sulfide) groups is 1. The average molecular weight is 292 g/mol. The number of rotatable bonds is 5. The van der Waals surface area contributed by atoms with Crippen molar-refractivity contribution in [1.29, 1.82) is 0 Å². The number of nitrogens with zero attached hydrogens (tertiary/aromatic N) is 4. The largest absolute Gasteiger partial charge is 0.507 e. The summed E-state index contributed by atoms with van der Waals surface area (Å²) in [5.41, 5.74) is 0.551. The first-order chi connectivity index (χ1) is 9.58. The fraction of sp³-hybridized carbons (Fsp3) is 0.167. The Hall–Kier alpha value is -2.35. The topological polar surface area (TPSA) is 101 Å². The highest BCUT2D eigenvalue weighted by atomic mass is 32.2. The molecule has 0 aliphatic rings. The number of aliphatic carboxylic acids is 1. The summed E-state index contributed by atoms with van der Waals surface area (Å²) in [7, 11) is 0. The number of hydrogen-bond donors (Lipinski definition) is 2. The Balaban J connectivity index is 2.22. The van der Waals surface area contributed by atoms with Gasteiger partial charge in [-0.25, -0.2) is 0 Å². The van der Waals surface area contributed by atoms with E-state index in [2.05, 4.69) is 15.3 Å². The van der Waals surface area contributed by atoms with Crippen LogP contribution in [0.25, 0.3) is 0 Å². The van der Waals surface area contributed by atoms with E-state index < -0.39 is 5.97 Å². The maximum atomic E-state index is 10.6. The molecule has 0 aliphatic carbocycles. The first kappa shape index (κ1) is 14.1. The van der Waals surface area contributed by atoms with Gasteiger partial charge in [0, 0.05) is 5.56 Å². The number of hydrogen-bond acceptors (Lipinski definition) is 6. The van der Waals surface area contributed by atoms with Crippen molar-refractivity contribution in [2.45, 2.75) is 12.1 Å². The Bertz CT molecular complexity index is 654. The average Bonchev–Trinajstić information content (AvgIpc) is 2.76. The molecule has 0 saturated carbocycles. The standard InChI is InChI=1S/C12H12N4O3S/c1-8-14-15-12(20-7-11(18)19)16(8)13-6-9-4-2-3-5-10(9)17/h2-6,17H,7H2,1H3,(H,18,19)/b13-6-. The molecular formula is C12H12N4O3S. The van der Waals surface area contributed by atoms with Crippen molar-refractivity contribution in [2.75, 3.05) is 5.75 Å². The number of aromatic hydroxyl groups is 1. The van der Waals surface area contributed by atoms with Crippen LogP contribution in [0.4, 0.5) is 0 Å². The highest BCUT2D eigenvalue weighted by Crippen LogP contribution is 2.17. The van der Waals surface area contributed by atoms with Crippen LogP contribution in [0.1, 0.15) is 11.4 Å². The Kier molecular flexibility index (Phi) is 4.36. The van der Waals surface area contributed by atoms with E-state index in [1.165, 1.54) is 10.9 Å². The summed E-state index contributed by atoms with van der Waals surface area (Å²) in [5, 5.41) is 30.6. The molecule has 0 amide bonds. The molecule has 0 spiro atoms. The quantitative estimate of drug-likeness (QED) is 0.637. The Labute approximate surface area is 119 Å². The van der Waals surface area contributed by atoms with Crippen LogP contribution in [-0.2, 0) is 4.79 Å². The number of carboxylic acid groups (broad SMARTS) is 1. The van der Waals surface area contributed by atoms with Crippen LogP contribution >= 0.6 is 11.8 Å². The van der Waals surface area contributed by atoms with Crippen molar-refractivity contribution in [3.05, 3.63) is 35.7 Å². The van der Waals surface area contributed by atoms with Crippen molar-refractivity contribution in [2.24, 2.45) is 5.10 Å². The lowest BCUT2D eigenvalue weighted by atomic mass is 10.2. The molecule has 104 valence electrons. The molecule has 0 atom stereocenters. The molecule has 0 unspecified atom stereocenters. The van der Waals surface area contributed by atoms with E-state index in [-0.39, 0.29) is 11.5 Å². The van der Waals surface area contributed by atoms with Gasteiger partial charge >= 0.3 is 5.97 Å². The van der Waals surface area contributed by atoms with Gasteiger partial charge in [-0.1, -0.05) is 23.9 Å². The first-order valence-electron chi connectivity index (χ1n) is 5.67. The molecule has 0 saturated heterocycles. The van der Waals surface area contributed by atoms with Crippen molar-refractivity contribution in [3.63, 3.8) is 0 Å². The molecule has 8 heteroatoms. The van der Waals surface area contributed by atoms with Crippen molar-refractivity contribution < 1.29 is 15.0 Å². The van der Waals surface area contributed by atoms with E-state index in [1.54, 1.807) is 31.2 Å². The van der Waals surface area contributed by atoms with E-state index in [9.17, 15) is 9.90 Å². The lowest BCUT2D eigenvalue weighted by molar-refractivity contribution is -0.133. The summed E-state index contributed by atoms with van der Waals surface area (Å²) >= 11 is 1.03. The Morgan fingerprint density at radius 3 is 2.90 bits per heavy atom. The van der Waals surface area contributed by atoms with Crippen LogP contribution in [0.3, 0.4) is 0 Å². The van der Waals surface area contributed by atoms with E-state index >= 15 is 0 Å². The summed E-state index contributed by atoms with van der Waals surface area (Å²) in [6.07, 6.45) is 1.47. The van der Waals surface area contributed by atoms with E-state index in [0.29, 0.717) is 16.5 Å². The van der Waals surface area contributed by atoms with Gasteiger partial charge < -0.3 is 10.2 Å². The number of carbonyl (C=O) groups is 1. The summed E-state index contributed by atoms with van der Waals surface area (Å²) < 4.78 is 1.43. The molecule has 1 aromatic heterocycles. The summed E-state index contributed by atoms with van der Waals surface area (Å²) in [4.78, 5) is 10.6. The van der Waals surface area contributed by atoms with Gasteiger partial charge in [0.1, 0.15) is 5.75 Å². The number of phenols is 1. The second-order valence-corrected chi connectivity index (χ2v) is 4.77. The van der Waals surface area contributed by atoms with Gasteiger partial charge in [0.15, 0.2) is 5.82 Å². The molecule has 2 aromatic rings. The molecule has 2 N–H and O–H groups in total. The molecule has 7 nitrogen and oxygen atoms in total. The Morgan fingerprint density at radius 2 is 2.20 bits per heavy atom. The summed E-state index contributed by atoms with van der Waals surface area (Å²) in [5.74, 6) is -0.414. The number of aromatic nitrogens is 3. The lowest BCUT2D eigenvalue weighted by Crippen LogP contribution is -2.01. The fourth-order valence-corrected chi connectivity index (χ4v) is 2.06. The predicted octanol–water partition coefficient (Wildman–Crippen LogP) is 1.35. The fourth-order valence-electron chi connectivity index (χ4n) is 1.40. The maximum absolute atomic E-state index is 10.6. The SMILES string of the molecule is Cc1nnc(SCC(=O)O)n1/N=C\c1ccccc1O. The zero-order valence-corrected chi connectivity index (χ0v) is 11.4. The summed E-state index contributed by atoms with van der Waals surface area (Å²) in [6, 6.07) is 6.76. The Morgan fingerprint density at radius 1 is 1.45 bits per heavy atom. The van der Waals surface area contributed by atoms with Gasteiger partial charge in [-0.2, -0.15) is 9.78 Å². The lowest BCUT2D eigenvalue weighted by Gasteiger charge is -2.01. The van der Waals surface area contributed by atoms with Crippen LogP contribution in [0.15, 0.2) is 34.5 Å². The number of phenolic OH excluding ortho intramolecular Hbond substituents is 1. The molecule has 1 aromatic carbocycles. The normalized spacial score (nSPS) is 11.1. The highest BCUT2D eigenvalue weighted by molar-refractivity contribution is 7.99. The second-order valence-electron chi connectivity index (χ2n) is 3.83. The number of para-hydroxylation sites is 1. The van der Waals surface area contributed by atoms with E-state index in [1.807, 2.05) is 0 Å². The zero-order chi connectivity index (χ0) is 14.5. The second kappa shape index (κ2) is 6.20. The molecule has 0 bridgehead atoms. The van der Waals surface area contributed by atoms with E-state index in [4.69, 9.17) is 5.11 Å². The van der Waals surface area contributed by atoms with E-state index in [0.717, 1.165) is 11.8 Å². The van der Waals surface area contributed by atoms with Crippen LogP contribution in [-0.4, -0.2) is 43.0 Å². The molecule has 2 rings (SSSR count). The zero-order valence-electron chi connectivity index (χ0n) is 10.6. The predicted molar refractivity (Wildman–Crippen MR) is 74.2 cm³/mol. The third-order valence-electron chi connectivity index (χ3n) is 2.34. The number of carboxylic acids is 1. The van der Waals surface area contributed by atoms with Crippen molar-refractivity contribution in [1.82, 2.24) is 14.9 Å². The first-order valence-corrected chi connectivity index (χ1v) is 6.65. The van der Waals surface area contributed by atoms with Crippen LogP contribution in [0.2, 0.25) is 0 Å². The van der Waals surface area contributed by atoms with Gasteiger partial charge in [0.25, 0.3) is 0 Å². The molecule has 0 radical (unpaired) electrons. The van der Waals surface area contributed by atoms with Crippen LogP contribution in [0.5, 0.6) is 5.75 Å². The minimum atomic E-state index is -0.938.